The van der Waals surface area contributed by atoms with Crippen LogP contribution < -0.4 is 10.0 Å². The highest BCUT2D eigenvalue weighted by molar-refractivity contribution is 7.99. The molecule has 63 heavy (non-hydrogen) atoms. The van der Waals surface area contributed by atoms with Crippen LogP contribution in [0.5, 0.6) is 0 Å². The van der Waals surface area contributed by atoms with Crippen molar-refractivity contribution in [3.8, 4) is 11.1 Å². The van der Waals surface area contributed by atoms with Gasteiger partial charge in [0.05, 0.1) is 23.8 Å². The molecule has 2 aliphatic heterocycles. The normalized spacial score (nSPS) is 16.0. The van der Waals surface area contributed by atoms with Gasteiger partial charge in [0.2, 0.25) is 0 Å². The number of anilines is 1. The topological polar surface area (TPSA) is 125 Å². The molecule has 5 aromatic rings. The summed E-state index contributed by atoms with van der Waals surface area (Å²) in [5.41, 5.74) is -0.847. The molecule has 0 aromatic heterocycles. The number of benzene rings is 5. The lowest BCUT2D eigenvalue weighted by Gasteiger charge is -2.29. The Kier molecular flexibility index (Phi) is 15.0. The van der Waals surface area contributed by atoms with E-state index >= 15 is 0 Å². The number of halogens is 4. The van der Waals surface area contributed by atoms with Gasteiger partial charge in [-0.25, -0.2) is 21.6 Å². The molecule has 1 fully saturated rings. The monoisotopic (exact) mass is 938 g/mol. The molecular weight excluding hydrogens is 893 g/mol. The molecule has 0 saturated carbocycles. The maximum absolute atomic E-state index is 14.1. The maximum atomic E-state index is 14.1. The number of carbonyl (C=O) groups excluding carboxylic acids is 1. The Balaban J connectivity index is 1.04. The molecule has 0 spiro atoms. The number of hydrogen-bond acceptors (Lipinski definition) is 10. The van der Waals surface area contributed by atoms with Gasteiger partial charge in [0, 0.05) is 66.5 Å². The van der Waals surface area contributed by atoms with Crippen LogP contribution >= 0.6 is 23.4 Å². The highest BCUT2D eigenvalue weighted by Gasteiger charge is 2.48. The fourth-order valence-corrected chi connectivity index (χ4v) is 10.6. The number of rotatable bonds is 16. The van der Waals surface area contributed by atoms with Crippen LogP contribution in [0.25, 0.3) is 16.7 Å². The van der Waals surface area contributed by atoms with Crippen LogP contribution in [0.15, 0.2) is 142 Å². The van der Waals surface area contributed by atoms with E-state index in [0.29, 0.717) is 62.7 Å². The Bertz CT molecular complexity index is 2630. The van der Waals surface area contributed by atoms with E-state index in [0.717, 1.165) is 58.8 Å². The Labute approximate surface area is 375 Å². The number of amides is 1. The predicted molar refractivity (Wildman–Crippen MR) is 242 cm³/mol. The molecule has 2 N–H and O–H groups in total. The molecule has 2 aliphatic rings. The van der Waals surface area contributed by atoms with Gasteiger partial charge in [0.25, 0.3) is 25.8 Å². The van der Waals surface area contributed by atoms with Gasteiger partial charge < -0.3 is 10.1 Å². The van der Waals surface area contributed by atoms with Crippen molar-refractivity contribution in [2.75, 3.05) is 57.0 Å². The molecular formula is C46H46ClF3N4O6S3. The summed E-state index contributed by atoms with van der Waals surface area (Å²) in [5.74, 6) is -0.668. The van der Waals surface area contributed by atoms with Gasteiger partial charge in [-0.1, -0.05) is 84.4 Å². The number of carbonyl (C=O) groups is 1. The van der Waals surface area contributed by atoms with Crippen molar-refractivity contribution in [2.45, 2.75) is 45.6 Å². The number of ether oxygens (including phenoxy) is 1. The molecule has 332 valence electrons. The number of alkyl halides is 3. The van der Waals surface area contributed by atoms with Crippen molar-refractivity contribution in [2.24, 2.45) is 0 Å². The first-order valence-electron chi connectivity index (χ1n) is 20.3. The summed E-state index contributed by atoms with van der Waals surface area (Å²) in [7, 11) is -10.9. The quantitative estimate of drug-likeness (QED) is 0.0927. The maximum Gasteiger partial charge on any atom is 0.501 e. The molecule has 5 aromatic carbocycles. The number of sulfone groups is 1. The van der Waals surface area contributed by atoms with Crippen LogP contribution in [0.2, 0.25) is 5.02 Å². The van der Waals surface area contributed by atoms with Gasteiger partial charge in [-0.15, -0.1) is 11.8 Å². The van der Waals surface area contributed by atoms with Crippen molar-refractivity contribution in [3.05, 3.63) is 149 Å². The van der Waals surface area contributed by atoms with Crippen molar-refractivity contribution in [1.29, 1.82) is 0 Å². The molecule has 1 amide bonds. The molecule has 0 bridgehead atoms. The molecule has 0 unspecified atom stereocenters. The van der Waals surface area contributed by atoms with Gasteiger partial charge in [-0.3, -0.25) is 14.6 Å². The second-order valence-electron chi connectivity index (χ2n) is 15.2. The van der Waals surface area contributed by atoms with Crippen LogP contribution in [-0.2, 0) is 31.1 Å². The second-order valence-corrected chi connectivity index (χ2v) is 20.3. The second kappa shape index (κ2) is 20.4. The van der Waals surface area contributed by atoms with E-state index in [-0.39, 0.29) is 5.56 Å². The first kappa shape index (κ1) is 46.3. The Morgan fingerprint density at radius 1 is 0.810 bits per heavy atom. The summed E-state index contributed by atoms with van der Waals surface area (Å²) in [6.45, 7) is 5.22. The van der Waals surface area contributed by atoms with Crippen LogP contribution in [0, 0.1) is 0 Å². The lowest BCUT2D eigenvalue weighted by Crippen LogP contribution is -2.39. The van der Waals surface area contributed by atoms with Crippen molar-refractivity contribution < 1.29 is 39.5 Å². The van der Waals surface area contributed by atoms with Crippen LogP contribution in [-0.4, -0.2) is 95.8 Å². The Morgan fingerprint density at radius 3 is 2.17 bits per heavy atom. The van der Waals surface area contributed by atoms with Gasteiger partial charge in [0.1, 0.15) is 4.90 Å². The zero-order valence-corrected chi connectivity index (χ0v) is 37.3. The van der Waals surface area contributed by atoms with Crippen molar-refractivity contribution >= 4 is 60.4 Å². The van der Waals surface area contributed by atoms with Crippen LogP contribution in [0.4, 0.5) is 18.9 Å². The highest BCUT2D eigenvalue weighted by Crippen LogP contribution is 2.37. The molecule has 7 rings (SSSR count). The zero-order valence-electron chi connectivity index (χ0n) is 34.1. The van der Waals surface area contributed by atoms with E-state index in [1.54, 1.807) is 12.1 Å². The zero-order chi connectivity index (χ0) is 44.6. The minimum Gasteiger partial charge on any atom is -0.380 e. The van der Waals surface area contributed by atoms with Crippen LogP contribution in [0.3, 0.4) is 0 Å². The SMILES string of the molecule is O=C(NS(=O)(=O)c1ccc(N[C@H](CCN2CCOCC2)CSc2ccccc2)c(S(=O)(=O)C(F)(F)F)c1)c1ccc(C2=CCN(Cc3ccccc3-c3ccc(Cl)cc3)CC2)cc1. The minimum absolute atomic E-state index is 0.0142. The first-order valence-corrected chi connectivity index (χ1v) is 24.6. The largest absolute Gasteiger partial charge is 0.501 e. The fraction of sp³-hybridized carbons (Fsp3) is 0.283. The van der Waals surface area contributed by atoms with Crippen LogP contribution in [0.1, 0.15) is 34.3 Å². The molecule has 0 aliphatic carbocycles. The number of nitrogens with zero attached hydrogens (tertiary/aromatic N) is 2. The average molecular weight is 940 g/mol. The van der Waals surface area contributed by atoms with E-state index in [1.165, 1.54) is 29.5 Å². The standard InChI is InChI=1S/C46H46ClF3N4O6S3/c47-38-16-14-35(15-17-38)42-9-5-4-6-37(42)31-54-23-20-34(21-24-54)33-10-12-36(13-11-33)45(55)52-63(58,59)41-18-19-43(44(30-41)62(56,57)46(48,49)50)51-39(22-25-53-26-28-60-29-27-53)32-61-40-7-2-1-3-8-40/h1-20,30,39,51H,21-29,31-32H2,(H,52,55)/t39-/m1/s1. The summed E-state index contributed by atoms with van der Waals surface area (Å²) >= 11 is 7.55. The number of thioether (sulfide) groups is 1. The van der Waals surface area contributed by atoms with Crippen molar-refractivity contribution in [1.82, 2.24) is 14.5 Å². The van der Waals surface area contributed by atoms with Gasteiger partial charge in [-0.2, -0.15) is 13.2 Å². The third-order valence-corrected chi connectivity index (χ3v) is 15.2. The van der Waals surface area contributed by atoms with Crippen molar-refractivity contribution in [3.63, 3.8) is 0 Å². The molecule has 2 heterocycles. The summed E-state index contributed by atoms with van der Waals surface area (Å²) in [4.78, 5) is 16.6. The third-order valence-electron chi connectivity index (χ3n) is 10.9. The first-order chi connectivity index (χ1) is 30.2. The summed E-state index contributed by atoms with van der Waals surface area (Å²) in [6.07, 6.45) is 3.29. The van der Waals surface area contributed by atoms with Gasteiger partial charge >= 0.3 is 5.51 Å². The number of hydrogen-bond donors (Lipinski definition) is 2. The lowest BCUT2D eigenvalue weighted by molar-refractivity contribution is -0.0435. The number of morpholine rings is 1. The molecule has 0 radical (unpaired) electrons. The van der Waals surface area contributed by atoms with E-state index in [9.17, 15) is 34.8 Å². The minimum atomic E-state index is -6.05. The van der Waals surface area contributed by atoms with E-state index in [2.05, 4.69) is 33.3 Å². The molecule has 1 atom stereocenters. The molecule has 17 heteroatoms. The number of sulfonamides is 1. The predicted octanol–water partition coefficient (Wildman–Crippen LogP) is 9.00. The smallest absolute Gasteiger partial charge is 0.380 e. The summed E-state index contributed by atoms with van der Waals surface area (Å²) < 4.78 is 103. The van der Waals surface area contributed by atoms with Gasteiger partial charge in [-0.05, 0) is 95.3 Å². The fourth-order valence-electron chi connectivity index (χ4n) is 7.43. The van der Waals surface area contributed by atoms with Gasteiger partial charge in [0.15, 0.2) is 0 Å². The number of nitrogens with one attached hydrogen (secondary N) is 2. The summed E-state index contributed by atoms with van der Waals surface area (Å²) in [5, 5.41) is 3.66. The molecule has 1 saturated heterocycles. The highest BCUT2D eigenvalue weighted by atomic mass is 35.5. The Morgan fingerprint density at radius 2 is 1.49 bits per heavy atom. The lowest BCUT2D eigenvalue weighted by atomic mass is 9.96. The average Bonchev–Trinajstić information content (AvgIpc) is 3.28. The Hall–Kier alpha value is -4.68. The molecule has 10 nitrogen and oxygen atoms in total. The third kappa shape index (κ3) is 11.9. The summed E-state index contributed by atoms with van der Waals surface area (Å²) in [6, 6.07) is 33.6. The van der Waals surface area contributed by atoms with E-state index in [1.807, 2.05) is 71.5 Å². The van der Waals surface area contributed by atoms with E-state index in [4.69, 9.17) is 16.3 Å². The van der Waals surface area contributed by atoms with E-state index < -0.39 is 52.8 Å².